The van der Waals surface area contributed by atoms with E-state index in [0.29, 0.717) is 10.9 Å². The molecule has 1 aliphatic rings. The molecule has 0 spiro atoms. The van der Waals surface area contributed by atoms with Crippen molar-refractivity contribution < 1.29 is 4.79 Å². The normalized spacial score (nSPS) is 16.8. The first-order valence-electron chi connectivity index (χ1n) is 8.50. The quantitative estimate of drug-likeness (QED) is 0.684. The van der Waals surface area contributed by atoms with Gasteiger partial charge < -0.3 is 5.32 Å². The Kier molecular flexibility index (Phi) is 7.22. The number of thioether (sulfide) groups is 1. The second-order valence-corrected chi connectivity index (χ2v) is 7.24. The topological polar surface area (TPSA) is 70.7 Å². The van der Waals surface area contributed by atoms with Crippen LogP contribution in [0.15, 0.2) is 5.16 Å². The summed E-state index contributed by atoms with van der Waals surface area (Å²) in [4.78, 5) is 16.3. The first kappa shape index (κ1) is 17.3. The highest BCUT2D eigenvalue weighted by molar-refractivity contribution is 7.99. The fraction of sp³-hybridized carbons (Fsp3) is 0.812. The fourth-order valence-corrected chi connectivity index (χ4v) is 3.67. The van der Waals surface area contributed by atoms with Gasteiger partial charge >= 0.3 is 0 Å². The fourth-order valence-electron chi connectivity index (χ4n) is 3.05. The van der Waals surface area contributed by atoms with Gasteiger partial charge in [0.15, 0.2) is 0 Å². The van der Waals surface area contributed by atoms with E-state index >= 15 is 0 Å². The maximum absolute atomic E-state index is 11.8. The van der Waals surface area contributed by atoms with Crippen LogP contribution in [0, 0.1) is 5.92 Å². The zero-order chi connectivity index (χ0) is 15.8. The number of nitrogens with zero attached hydrogens (tertiary/aromatic N) is 2. The van der Waals surface area contributed by atoms with Crippen LogP contribution in [0.2, 0.25) is 0 Å². The van der Waals surface area contributed by atoms with Crippen molar-refractivity contribution in [3.63, 3.8) is 0 Å². The molecule has 1 aliphatic carbocycles. The lowest BCUT2D eigenvalue weighted by atomic mass is 10.0. The van der Waals surface area contributed by atoms with E-state index in [1.807, 2.05) is 6.92 Å². The molecular weight excluding hydrogens is 296 g/mol. The molecule has 124 valence electrons. The number of amides is 1. The molecule has 2 rings (SSSR count). The maximum atomic E-state index is 11.8. The molecule has 0 aliphatic heterocycles. The van der Waals surface area contributed by atoms with Gasteiger partial charge in [0.25, 0.3) is 0 Å². The highest BCUT2D eigenvalue weighted by Crippen LogP contribution is 2.28. The largest absolute Gasteiger partial charge is 0.353 e. The molecule has 0 bridgehead atoms. The van der Waals surface area contributed by atoms with E-state index in [2.05, 4.69) is 27.4 Å². The summed E-state index contributed by atoms with van der Waals surface area (Å²) in [7, 11) is 0. The molecule has 1 fully saturated rings. The van der Waals surface area contributed by atoms with Gasteiger partial charge in [-0.15, -0.1) is 5.10 Å². The molecule has 22 heavy (non-hydrogen) atoms. The molecule has 1 heterocycles. The average molecular weight is 324 g/mol. The second-order valence-electron chi connectivity index (χ2n) is 6.30. The Balaban J connectivity index is 1.66. The molecule has 1 amide bonds. The van der Waals surface area contributed by atoms with Crippen LogP contribution in [0.4, 0.5) is 0 Å². The van der Waals surface area contributed by atoms with E-state index in [-0.39, 0.29) is 11.9 Å². The molecule has 5 nitrogen and oxygen atoms in total. The van der Waals surface area contributed by atoms with Gasteiger partial charge in [-0.1, -0.05) is 50.8 Å². The number of carbonyl (C=O) groups excluding carboxylic acids is 1. The first-order valence-corrected chi connectivity index (χ1v) is 9.49. The summed E-state index contributed by atoms with van der Waals surface area (Å²) in [5.74, 6) is 2.26. The molecule has 0 radical (unpaired) electrons. The van der Waals surface area contributed by atoms with Crippen molar-refractivity contribution >= 4 is 17.7 Å². The van der Waals surface area contributed by atoms with Gasteiger partial charge in [0, 0.05) is 12.5 Å². The number of H-pyrrole nitrogens is 1. The van der Waals surface area contributed by atoms with Crippen LogP contribution >= 0.6 is 11.8 Å². The minimum atomic E-state index is 0.0586. The third-order valence-electron chi connectivity index (χ3n) is 4.24. The van der Waals surface area contributed by atoms with Crippen LogP contribution in [0.1, 0.15) is 64.6 Å². The molecule has 0 aromatic carbocycles. The number of nitrogens with one attached hydrogen (secondary N) is 2. The predicted molar refractivity (Wildman–Crippen MR) is 89.9 cm³/mol. The minimum absolute atomic E-state index is 0.0586. The van der Waals surface area contributed by atoms with Crippen LogP contribution in [-0.4, -0.2) is 32.9 Å². The second kappa shape index (κ2) is 9.18. The lowest BCUT2D eigenvalue weighted by Crippen LogP contribution is -2.33. The summed E-state index contributed by atoms with van der Waals surface area (Å²) < 4.78 is 0. The van der Waals surface area contributed by atoms with Crippen molar-refractivity contribution in [1.29, 1.82) is 0 Å². The Labute approximate surface area is 137 Å². The summed E-state index contributed by atoms with van der Waals surface area (Å²) in [6, 6.07) is 0.243. The first-order chi connectivity index (χ1) is 10.7. The van der Waals surface area contributed by atoms with E-state index in [1.54, 1.807) is 0 Å². The summed E-state index contributed by atoms with van der Waals surface area (Å²) in [6.45, 7) is 4.16. The Morgan fingerprint density at radius 1 is 1.45 bits per heavy atom. The van der Waals surface area contributed by atoms with Gasteiger partial charge in [0.1, 0.15) is 5.82 Å². The smallest absolute Gasteiger partial charge is 0.230 e. The summed E-state index contributed by atoms with van der Waals surface area (Å²) in [5, 5.41) is 10.9. The highest BCUT2D eigenvalue weighted by atomic mass is 32.2. The van der Waals surface area contributed by atoms with Crippen molar-refractivity contribution in [2.45, 2.75) is 76.4 Å². The number of aryl methyl sites for hydroxylation is 1. The van der Waals surface area contributed by atoms with E-state index in [4.69, 9.17) is 0 Å². The van der Waals surface area contributed by atoms with Gasteiger partial charge in [0.2, 0.25) is 11.1 Å². The highest BCUT2D eigenvalue weighted by Gasteiger charge is 2.16. The molecular formula is C16H28N4OS. The number of aromatic nitrogens is 3. The third-order valence-corrected chi connectivity index (χ3v) is 5.08. The summed E-state index contributed by atoms with van der Waals surface area (Å²) in [6.07, 6.45) is 9.77. The van der Waals surface area contributed by atoms with Crippen LogP contribution < -0.4 is 5.32 Å². The zero-order valence-corrected chi connectivity index (χ0v) is 14.5. The number of aromatic amines is 1. The van der Waals surface area contributed by atoms with E-state index < -0.39 is 0 Å². The molecule has 1 unspecified atom stereocenters. The molecule has 1 atom stereocenters. The van der Waals surface area contributed by atoms with Gasteiger partial charge in [-0.2, -0.15) is 0 Å². The molecule has 0 saturated heterocycles. The van der Waals surface area contributed by atoms with Crippen molar-refractivity contribution in [3.05, 3.63) is 5.82 Å². The van der Waals surface area contributed by atoms with Crippen molar-refractivity contribution in [2.75, 3.05) is 5.75 Å². The van der Waals surface area contributed by atoms with Crippen LogP contribution in [0.25, 0.3) is 0 Å². The van der Waals surface area contributed by atoms with Crippen LogP contribution in [0.3, 0.4) is 0 Å². The van der Waals surface area contributed by atoms with E-state index in [1.165, 1.54) is 43.9 Å². The number of carbonyl (C=O) groups is 1. The third kappa shape index (κ3) is 5.99. The molecule has 1 saturated carbocycles. The summed E-state index contributed by atoms with van der Waals surface area (Å²) >= 11 is 1.40. The lowest BCUT2D eigenvalue weighted by Gasteiger charge is -2.11. The monoisotopic (exact) mass is 324 g/mol. The Bertz CT molecular complexity index is 457. The van der Waals surface area contributed by atoms with E-state index in [0.717, 1.165) is 31.0 Å². The predicted octanol–water partition coefficient (Wildman–Crippen LogP) is 3.32. The molecule has 1 aromatic heterocycles. The molecule has 2 N–H and O–H groups in total. The summed E-state index contributed by atoms with van der Waals surface area (Å²) in [5.41, 5.74) is 0. The minimum Gasteiger partial charge on any atom is -0.353 e. The average Bonchev–Trinajstić information content (AvgIpc) is 3.15. The van der Waals surface area contributed by atoms with Gasteiger partial charge in [0.05, 0.1) is 5.75 Å². The standard InChI is InChI=1S/C16H28N4OS/c1-3-6-12(2)17-15(21)11-22-16-18-14(19-20-16)10-9-13-7-4-5-8-13/h12-13H,3-11H2,1-2H3,(H,17,21)(H,18,19,20). The van der Waals surface area contributed by atoms with Crippen molar-refractivity contribution in [3.8, 4) is 0 Å². The van der Waals surface area contributed by atoms with E-state index in [9.17, 15) is 4.79 Å². The molecule has 1 aromatic rings. The Hall–Kier alpha value is -1.04. The number of rotatable bonds is 9. The Morgan fingerprint density at radius 2 is 2.23 bits per heavy atom. The zero-order valence-electron chi connectivity index (χ0n) is 13.7. The van der Waals surface area contributed by atoms with Gasteiger partial charge in [-0.25, -0.2) is 4.98 Å². The van der Waals surface area contributed by atoms with Crippen LogP contribution in [-0.2, 0) is 11.2 Å². The maximum Gasteiger partial charge on any atom is 0.230 e. The lowest BCUT2D eigenvalue weighted by molar-refractivity contribution is -0.119. The van der Waals surface area contributed by atoms with Crippen LogP contribution in [0.5, 0.6) is 0 Å². The number of hydrogen-bond donors (Lipinski definition) is 2. The van der Waals surface area contributed by atoms with Gasteiger partial charge in [-0.3, -0.25) is 9.89 Å². The van der Waals surface area contributed by atoms with Gasteiger partial charge in [-0.05, 0) is 25.7 Å². The number of hydrogen-bond acceptors (Lipinski definition) is 4. The molecule has 6 heteroatoms. The van der Waals surface area contributed by atoms with Crippen molar-refractivity contribution in [2.24, 2.45) is 5.92 Å². The van der Waals surface area contributed by atoms with Crippen molar-refractivity contribution in [1.82, 2.24) is 20.5 Å². The SMILES string of the molecule is CCCC(C)NC(=O)CSc1n[nH]c(CCC2CCCC2)n1. The Morgan fingerprint density at radius 3 is 2.95 bits per heavy atom.